The molecule has 0 bridgehead atoms. The van der Waals surface area contributed by atoms with Crippen LogP contribution in [0.4, 0.5) is 0 Å². The molecule has 1 aromatic heterocycles. The molecule has 27 heavy (non-hydrogen) atoms. The normalized spacial score (nSPS) is 20.5. The smallest absolute Gasteiger partial charge is 0.150 e. The first-order valence-corrected chi connectivity index (χ1v) is 10.1. The number of nitrogens with zero attached hydrogens (tertiary/aromatic N) is 4. The van der Waals surface area contributed by atoms with E-state index in [2.05, 4.69) is 51.8 Å². The van der Waals surface area contributed by atoms with E-state index in [9.17, 15) is 0 Å². The van der Waals surface area contributed by atoms with Gasteiger partial charge in [-0.2, -0.15) is 0 Å². The minimum Gasteiger partial charge on any atom is -0.496 e. The lowest BCUT2D eigenvalue weighted by atomic mass is 9.96. The molecule has 2 aliphatic rings. The second-order valence-corrected chi connectivity index (χ2v) is 7.88. The van der Waals surface area contributed by atoms with Crippen molar-refractivity contribution in [3.8, 4) is 5.75 Å². The Morgan fingerprint density at radius 2 is 2.00 bits per heavy atom. The van der Waals surface area contributed by atoms with E-state index in [1.165, 1.54) is 35.1 Å². The van der Waals surface area contributed by atoms with Crippen molar-refractivity contribution in [2.45, 2.75) is 59.2 Å². The summed E-state index contributed by atoms with van der Waals surface area (Å²) in [5.41, 5.74) is 5.33. The Balaban J connectivity index is 1.62. The number of methoxy groups -OCH3 is 1. The van der Waals surface area contributed by atoms with Crippen molar-refractivity contribution >= 4 is 0 Å². The van der Waals surface area contributed by atoms with Gasteiger partial charge in [-0.05, 0) is 68.5 Å². The van der Waals surface area contributed by atoms with Gasteiger partial charge in [-0.1, -0.05) is 0 Å². The number of benzene rings is 1. The highest BCUT2D eigenvalue weighted by Gasteiger charge is 2.32. The summed E-state index contributed by atoms with van der Waals surface area (Å²) >= 11 is 0. The van der Waals surface area contributed by atoms with Gasteiger partial charge >= 0.3 is 0 Å². The molecule has 3 heterocycles. The van der Waals surface area contributed by atoms with Crippen LogP contribution in [0.25, 0.3) is 0 Å². The number of ether oxygens (including phenoxy) is 1. The Bertz CT molecular complexity index is 828. The van der Waals surface area contributed by atoms with Crippen LogP contribution in [0.5, 0.6) is 5.75 Å². The highest BCUT2D eigenvalue weighted by atomic mass is 16.5. The summed E-state index contributed by atoms with van der Waals surface area (Å²) in [5.74, 6) is 3.28. The minimum absolute atomic E-state index is 0.366. The van der Waals surface area contributed by atoms with Gasteiger partial charge in [-0.15, -0.1) is 10.2 Å². The van der Waals surface area contributed by atoms with Gasteiger partial charge in [-0.3, -0.25) is 4.90 Å². The monoisotopic (exact) mass is 369 g/mol. The lowest BCUT2D eigenvalue weighted by molar-refractivity contribution is 0.233. The van der Waals surface area contributed by atoms with Crippen LogP contribution < -0.4 is 10.1 Å². The number of nitrogens with one attached hydrogen (secondary N) is 1. The number of aryl methyl sites for hydroxylation is 1. The molecule has 0 radical (unpaired) electrons. The molecule has 1 fully saturated rings. The average molecular weight is 370 g/mol. The van der Waals surface area contributed by atoms with E-state index in [4.69, 9.17) is 4.74 Å². The Labute approximate surface area is 161 Å². The Morgan fingerprint density at radius 3 is 2.81 bits per heavy atom. The van der Waals surface area contributed by atoms with Crippen LogP contribution >= 0.6 is 0 Å². The van der Waals surface area contributed by atoms with Crippen LogP contribution in [0.15, 0.2) is 6.07 Å². The first kappa shape index (κ1) is 18.4. The van der Waals surface area contributed by atoms with Crippen molar-refractivity contribution in [3.05, 3.63) is 40.0 Å². The largest absolute Gasteiger partial charge is 0.496 e. The molecule has 1 aromatic carbocycles. The number of aromatic nitrogens is 3. The summed E-state index contributed by atoms with van der Waals surface area (Å²) < 4.78 is 7.91. The predicted octanol–water partition coefficient (Wildman–Crippen LogP) is 2.69. The molecule has 6 heteroatoms. The average Bonchev–Trinajstić information content (AvgIpc) is 3.21. The fourth-order valence-corrected chi connectivity index (χ4v) is 4.61. The van der Waals surface area contributed by atoms with Gasteiger partial charge in [0.25, 0.3) is 0 Å². The van der Waals surface area contributed by atoms with Crippen LogP contribution in [0.3, 0.4) is 0 Å². The molecule has 0 saturated carbocycles. The molecule has 4 rings (SSSR count). The summed E-state index contributed by atoms with van der Waals surface area (Å²) in [7, 11) is 1.75. The van der Waals surface area contributed by atoms with Gasteiger partial charge in [0.1, 0.15) is 17.4 Å². The van der Waals surface area contributed by atoms with E-state index < -0.39 is 0 Å². The molecule has 1 saturated heterocycles. The quantitative estimate of drug-likeness (QED) is 0.898. The van der Waals surface area contributed by atoms with E-state index in [0.717, 1.165) is 56.5 Å². The predicted molar refractivity (Wildman–Crippen MR) is 106 cm³/mol. The zero-order chi connectivity index (χ0) is 19.0. The third-order valence-corrected chi connectivity index (χ3v) is 6.34. The van der Waals surface area contributed by atoms with E-state index in [0.29, 0.717) is 6.04 Å². The molecule has 2 aliphatic heterocycles. The molecule has 0 amide bonds. The lowest BCUT2D eigenvalue weighted by Gasteiger charge is -2.27. The fourth-order valence-electron chi connectivity index (χ4n) is 4.61. The molecular weight excluding hydrogens is 338 g/mol. The van der Waals surface area contributed by atoms with Crippen molar-refractivity contribution < 1.29 is 4.74 Å². The maximum absolute atomic E-state index is 5.54. The summed E-state index contributed by atoms with van der Waals surface area (Å²) in [6, 6.07) is 2.54. The number of rotatable bonds is 4. The first-order valence-electron chi connectivity index (χ1n) is 10.1. The minimum atomic E-state index is 0.366. The summed E-state index contributed by atoms with van der Waals surface area (Å²) in [6.45, 7) is 11.6. The number of hydrogen-bond acceptors (Lipinski definition) is 5. The fraction of sp³-hybridized carbons (Fsp3) is 0.619. The number of likely N-dealkylation sites (tertiary alicyclic amines) is 1. The van der Waals surface area contributed by atoms with E-state index in [-0.39, 0.29) is 0 Å². The highest BCUT2D eigenvalue weighted by molar-refractivity contribution is 5.48. The van der Waals surface area contributed by atoms with Crippen LogP contribution in [0, 0.1) is 20.8 Å². The Morgan fingerprint density at radius 1 is 1.15 bits per heavy atom. The van der Waals surface area contributed by atoms with E-state index >= 15 is 0 Å². The van der Waals surface area contributed by atoms with Gasteiger partial charge in [0.2, 0.25) is 0 Å². The molecule has 0 unspecified atom stereocenters. The maximum atomic E-state index is 5.54. The highest BCUT2D eigenvalue weighted by Crippen LogP contribution is 2.35. The van der Waals surface area contributed by atoms with Gasteiger partial charge in [0.15, 0.2) is 0 Å². The first-order chi connectivity index (χ1) is 13.1. The Hall–Kier alpha value is -1.92. The van der Waals surface area contributed by atoms with Crippen molar-refractivity contribution in [2.75, 3.05) is 26.7 Å². The molecule has 6 nitrogen and oxygen atoms in total. The SMILES string of the molecule is COc1cc(C)c(CN2CCC[C@@H]2c2nnc3n2CCNCC3)c(C)c1C. The van der Waals surface area contributed by atoms with Gasteiger partial charge in [0.05, 0.1) is 13.2 Å². The van der Waals surface area contributed by atoms with Crippen LogP contribution in [0.2, 0.25) is 0 Å². The molecule has 2 aromatic rings. The van der Waals surface area contributed by atoms with Gasteiger partial charge < -0.3 is 14.6 Å². The second-order valence-electron chi connectivity index (χ2n) is 7.88. The molecule has 146 valence electrons. The molecule has 0 aliphatic carbocycles. The molecular formula is C21H31N5O. The van der Waals surface area contributed by atoms with Crippen molar-refractivity contribution in [1.82, 2.24) is 25.0 Å². The standard InChI is InChI=1S/C21H31N5O/c1-14-12-19(27-4)16(3)15(2)17(14)13-25-10-5-6-18(25)21-24-23-20-7-8-22-9-11-26(20)21/h12,18,22H,5-11,13H2,1-4H3/t18-/m1/s1. The summed E-state index contributed by atoms with van der Waals surface area (Å²) in [5, 5.41) is 12.6. The molecule has 0 spiro atoms. The number of hydrogen-bond donors (Lipinski definition) is 1. The van der Waals surface area contributed by atoms with Gasteiger partial charge in [0, 0.05) is 32.6 Å². The lowest BCUT2D eigenvalue weighted by Crippen LogP contribution is -2.27. The second kappa shape index (κ2) is 7.60. The third-order valence-electron chi connectivity index (χ3n) is 6.34. The molecule has 1 atom stereocenters. The van der Waals surface area contributed by atoms with Crippen molar-refractivity contribution in [3.63, 3.8) is 0 Å². The summed E-state index contributed by atoms with van der Waals surface area (Å²) in [6.07, 6.45) is 3.35. The maximum Gasteiger partial charge on any atom is 0.150 e. The zero-order valence-corrected chi connectivity index (χ0v) is 17.0. The summed E-state index contributed by atoms with van der Waals surface area (Å²) in [4.78, 5) is 2.59. The van der Waals surface area contributed by atoms with Crippen molar-refractivity contribution in [2.24, 2.45) is 0 Å². The van der Waals surface area contributed by atoms with Crippen LogP contribution in [-0.2, 0) is 19.5 Å². The van der Waals surface area contributed by atoms with Crippen molar-refractivity contribution in [1.29, 1.82) is 0 Å². The van der Waals surface area contributed by atoms with Crippen LogP contribution in [-0.4, -0.2) is 46.4 Å². The Kier molecular flexibility index (Phi) is 5.19. The third kappa shape index (κ3) is 3.36. The van der Waals surface area contributed by atoms with Gasteiger partial charge in [-0.25, -0.2) is 0 Å². The number of fused-ring (bicyclic) bond motifs is 1. The van der Waals surface area contributed by atoms with E-state index in [1.807, 2.05) is 0 Å². The topological polar surface area (TPSA) is 55.2 Å². The van der Waals surface area contributed by atoms with E-state index in [1.54, 1.807) is 7.11 Å². The van der Waals surface area contributed by atoms with Crippen LogP contribution in [0.1, 0.15) is 52.8 Å². The zero-order valence-electron chi connectivity index (χ0n) is 17.0. The molecule has 1 N–H and O–H groups in total.